The molecule has 1 unspecified atom stereocenters. The van der Waals surface area contributed by atoms with E-state index in [9.17, 15) is 14.6 Å². The molecule has 0 bridgehead atoms. The van der Waals surface area contributed by atoms with Gasteiger partial charge in [-0.15, -0.1) is 0 Å². The minimum atomic E-state index is -0.691. The molecule has 0 spiro atoms. The number of aliphatic hydroxyl groups is 2. The summed E-state index contributed by atoms with van der Waals surface area (Å²) in [4.78, 5) is 4.39. The molecule has 2 saturated heterocycles. The molecular weight excluding hydrogens is 363 g/mol. The topological polar surface area (TPSA) is 65.4 Å². The molecule has 28 heavy (non-hydrogen) atoms. The van der Waals surface area contributed by atoms with Gasteiger partial charge < -0.3 is 24.6 Å². The number of β-amino-alcohol motifs (C(OH)–C–C–N with tert-alkyl or cyclic N) is 1. The van der Waals surface area contributed by atoms with E-state index in [-0.39, 0.29) is 12.7 Å². The number of nitrogens with zero attached hydrogens (tertiary/aromatic N) is 2. The molecular formula is C21H33FN2O4. The highest BCUT2D eigenvalue weighted by Gasteiger charge is 2.21. The lowest BCUT2D eigenvalue weighted by molar-refractivity contribution is 0.0334. The van der Waals surface area contributed by atoms with Crippen molar-refractivity contribution in [3.8, 4) is 11.5 Å². The van der Waals surface area contributed by atoms with Gasteiger partial charge in [0.05, 0.1) is 13.2 Å². The average molecular weight is 397 g/mol. The van der Waals surface area contributed by atoms with Crippen molar-refractivity contribution in [1.82, 2.24) is 9.80 Å². The first kappa shape index (κ1) is 21.3. The third-order valence-corrected chi connectivity index (χ3v) is 5.64. The monoisotopic (exact) mass is 396 g/mol. The van der Waals surface area contributed by atoms with Crippen LogP contribution in [0.1, 0.15) is 31.2 Å². The van der Waals surface area contributed by atoms with Gasteiger partial charge in [-0.1, -0.05) is 0 Å². The largest absolute Gasteiger partial charge is 0.497 e. The number of alkyl halides is 1. The van der Waals surface area contributed by atoms with Gasteiger partial charge >= 0.3 is 0 Å². The molecule has 0 amide bonds. The Morgan fingerprint density at radius 1 is 1.11 bits per heavy atom. The number of ether oxygens (including phenoxy) is 2. The quantitative estimate of drug-likeness (QED) is 0.699. The summed E-state index contributed by atoms with van der Waals surface area (Å²) in [6, 6.07) is 5.68. The maximum absolute atomic E-state index is 13.4. The molecule has 1 aromatic rings. The van der Waals surface area contributed by atoms with Crippen LogP contribution in [-0.4, -0.2) is 84.8 Å². The lowest BCUT2D eigenvalue weighted by Gasteiger charge is -2.31. The molecule has 2 fully saturated rings. The van der Waals surface area contributed by atoms with Crippen molar-refractivity contribution in [2.75, 3.05) is 46.4 Å². The molecule has 2 heterocycles. The summed E-state index contributed by atoms with van der Waals surface area (Å²) in [6.45, 7) is 4.52. The van der Waals surface area contributed by atoms with Crippen LogP contribution in [0.3, 0.4) is 0 Å². The Bertz CT molecular complexity index is 602. The standard InChI is InChI=1S/C21H33FN2O4/c1-27-20-2-3-21(16(12-20)13-23-8-4-17(22)5-9-23)28-15-19(26)14-24-10-6-18(25)7-11-24/h2-3,12,17-19,25-26H,4-11,13-15H2,1H3. The molecule has 7 heteroatoms. The first-order chi connectivity index (χ1) is 13.5. The van der Waals surface area contributed by atoms with Gasteiger partial charge in [-0.2, -0.15) is 0 Å². The van der Waals surface area contributed by atoms with E-state index < -0.39 is 12.3 Å². The summed E-state index contributed by atoms with van der Waals surface area (Å²) in [5.74, 6) is 1.49. The van der Waals surface area contributed by atoms with Crippen LogP contribution in [0.2, 0.25) is 0 Å². The highest BCUT2D eigenvalue weighted by molar-refractivity contribution is 5.40. The van der Waals surface area contributed by atoms with Crippen LogP contribution in [0, 0.1) is 0 Å². The Kier molecular flexibility index (Phi) is 7.91. The zero-order chi connectivity index (χ0) is 19.9. The summed E-state index contributed by atoms with van der Waals surface area (Å²) < 4.78 is 24.7. The van der Waals surface area contributed by atoms with Crippen molar-refractivity contribution >= 4 is 0 Å². The second kappa shape index (κ2) is 10.4. The van der Waals surface area contributed by atoms with Crippen LogP contribution in [0.15, 0.2) is 18.2 Å². The number of hydrogen-bond acceptors (Lipinski definition) is 6. The molecule has 1 atom stereocenters. The smallest absolute Gasteiger partial charge is 0.124 e. The van der Waals surface area contributed by atoms with Crippen LogP contribution >= 0.6 is 0 Å². The number of methoxy groups -OCH3 is 1. The molecule has 0 saturated carbocycles. The van der Waals surface area contributed by atoms with Crippen molar-refractivity contribution in [2.45, 2.75) is 50.6 Å². The van der Waals surface area contributed by atoms with Crippen molar-refractivity contribution < 1.29 is 24.1 Å². The summed E-state index contributed by atoms with van der Waals surface area (Å²) >= 11 is 0. The predicted octanol–water partition coefficient (Wildman–Crippen LogP) is 1.83. The van der Waals surface area contributed by atoms with Crippen LogP contribution < -0.4 is 9.47 Å². The lowest BCUT2D eigenvalue weighted by atomic mass is 10.1. The maximum Gasteiger partial charge on any atom is 0.124 e. The van der Waals surface area contributed by atoms with Gasteiger partial charge in [0, 0.05) is 44.8 Å². The Hall–Kier alpha value is -1.41. The number of hydrogen-bond donors (Lipinski definition) is 2. The lowest BCUT2D eigenvalue weighted by Crippen LogP contribution is -2.41. The van der Waals surface area contributed by atoms with Gasteiger partial charge in [0.25, 0.3) is 0 Å². The third kappa shape index (κ3) is 6.30. The van der Waals surface area contributed by atoms with Gasteiger partial charge in [0.2, 0.25) is 0 Å². The molecule has 0 aliphatic carbocycles. The SMILES string of the molecule is COc1ccc(OCC(O)CN2CCC(O)CC2)c(CN2CCC(F)CC2)c1. The number of halogens is 1. The van der Waals surface area contributed by atoms with E-state index in [0.717, 1.165) is 56.1 Å². The summed E-state index contributed by atoms with van der Waals surface area (Å²) in [6.07, 6.45) is 1.16. The predicted molar refractivity (Wildman–Crippen MR) is 106 cm³/mol. The van der Waals surface area contributed by atoms with Gasteiger partial charge in [0.1, 0.15) is 30.4 Å². The molecule has 2 N–H and O–H groups in total. The molecule has 0 aromatic heterocycles. The van der Waals surface area contributed by atoms with E-state index in [2.05, 4.69) is 9.80 Å². The van der Waals surface area contributed by atoms with Crippen molar-refractivity contribution in [1.29, 1.82) is 0 Å². The summed E-state index contributed by atoms with van der Waals surface area (Å²) in [5.41, 5.74) is 0.991. The van der Waals surface area contributed by atoms with Crippen LogP contribution in [0.25, 0.3) is 0 Å². The minimum absolute atomic E-state index is 0.213. The molecule has 2 aliphatic heterocycles. The Morgan fingerprint density at radius 2 is 1.79 bits per heavy atom. The fraction of sp³-hybridized carbons (Fsp3) is 0.714. The molecule has 1 aromatic carbocycles. The number of aliphatic hydroxyl groups excluding tert-OH is 2. The normalized spacial score (nSPS) is 21.6. The second-order valence-electron chi connectivity index (χ2n) is 7.92. The van der Waals surface area contributed by atoms with Crippen LogP contribution in [-0.2, 0) is 6.54 Å². The first-order valence-electron chi connectivity index (χ1n) is 10.3. The number of rotatable bonds is 8. The third-order valence-electron chi connectivity index (χ3n) is 5.64. The summed E-state index contributed by atoms with van der Waals surface area (Å²) in [5, 5.41) is 20.0. The zero-order valence-electron chi connectivity index (χ0n) is 16.7. The van der Waals surface area contributed by atoms with Gasteiger partial charge in [-0.3, -0.25) is 4.90 Å². The van der Waals surface area contributed by atoms with Crippen LogP contribution in [0.5, 0.6) is 11.5 Å². The number of piperidine rings is 2. The van der Waals surface area contributed by atoms with E-state index in [1.54, 1.807) is 7.11 Å². The summed E-state index contributed by atoms with van der Waals surface area (Å²) in [7, 11) is 1.63. The van der Waals surface area contributed by atoms with Gasteiger partial charge in [-0.05, 0) is 43.9 Å². The molecule has 6 nitrogen and oxygen atoms in total. The highest BCUT2D eigenvalue weighted by atomic mass is 19.1. The van der Waals surface area contributed by atoms with E-state index >= 15 is 0 Å². The minimum Gasteiger partial charge on any atom is -0.497 e. The Balaban J connectivity index is 1.54. The molecule has 0 radical (unpaired) electrons. The van der Waals surface area contributed by atoms with Crippen LogP contribution in [0.4, 0.5) is 4.39 Å². The zero-order valence-corrected chi connectivity index (χ0v) is 16.7. The molecule has 3 rings (SSSR count). The fourth-order valence-corrected chi connectivity index (χ4v) is 3.89. The number of benzene rings is 1. The van der Waals surface area contributed by atoms with Gasteiger partial charge in [0.15, 0.2) is 0 Å². The maximum atomic E-state index is 13.4. The van der Waals surface area contributed by atoms with Crippen molar-refractivity contribution in [2.24, 2.45) is 0 Å². The van der Waals surface area contributed by atoms with E-state index in [1.165, 1.54) is 0 Å². The number of likely N-dealkylation sites (tertiary alicyclic amines) is 2. The fourth-order valence-electron chi connectivity index (χ4n) is 3.89. The van der Waals surface area contributed by atoms with E-state index in [0.29, 0.717) is 25.9 Å². The molecule has 158 valence electrons. The average Bonchev–Trinajstić information content (AvgIpc) is 2.70. The van der Waals surface area contributed by atoms with E-state index in [4.69, 9.17) is 9.47 Å². The van der Waals surface area contributed by atoms with E-state index in [1.807, 2.05) is 18.2 Å². The molecule has 2 aliphatic rings. The van der Waals surface area contributed by atoms with Gasteiger partial charge in [-0.25, -0.2) is 4.39 Å². The Morgan fingerprint density at radius 3 is 2.46 bits per heavy atom. The Labute approximate surface area is 166 Å². The van der Waals surface area contributed by atoms with Crippen molar-refractivity contribution in [3.05, 3.63) is 23.8 Å². The second-order valence-corrected chi connectivity index (χ2v) is 7.92. The first-order valence-corrected chi connectivity index (χ1v) is 10.3. The van der Waals surface area contributed by atoms with Crippen molar-refractivity contribution in [3.63, 3.8) is 0 Å². The highest BCUT2D eigenvalue weighted by Crippen LogP contribution is 2.27.